The molecule has 4 aromatic rings. The molecule has 0 bridgehead atoms. The van der Waals surface area contributed by atoms with Crippen LogP contribution in [0.2, 0.25) is 0 Å². The normalized spacial score (nSPS) is 17.7. The molecular formula is C42H51N3O3S. The quantitative estimate of drug-likeness (QED) is 0.139. The highest BCUT2D eigenvalue weighted by molar-refractivity contribution is 8.01. The zero-order valence-electron chi connectivity index (χ0n) is 29.5. The van der Waals surface area contributed by atoms with Gasteiger partial charge in [-0.1, -0.05) is 142 Å². The van der Waals surface area contributed by atoms with Crippen molar-refractivity contribution in [1.82, 2.24) is 15.5 Å². The Hall–Kier alpha value is -4.07. The number of carbonyl (C=O) groups is 2. The molecule has 5 rings (SSSR count). The molecule has 0 spiro atoms. The summed E-state index contributed by atoms with van der Waals surface area (Å²) >= 11 is 1.90. The van der Waals surface area contributed by atoms with Gasteiger partial charge in [0.25, 0.3) is 0 Å². The molecule has 1 fully saturated rings. The second kappa shape index (κ2) is 16.6. The Balaban J connectivity index is 1.44. The van der Waals surface area contributed by atoms with Crippen molar-refractivity contribution in [3.8, 4) is 0 Å². The second-order valence-corrected chi connectivity index (χ2v) is 15.5. The van der Waals surface area contributed by atoms with Crippen LogP contribution in [0.25, 0.3) is 0 Å². The van der Waals surface area contributed by atoms with Gasteiger partial charge in [0.2, 0.25) is 5.91 Å². The van der Waals surface area contributed by atoms with Gasteiger partial charge in [-0.2, -0.15) is 0 Å². The van der Waals surface area contributed by atoms with Crippen molar-refractivity contribution >= 4 is 23.8 Å². The first-order valence-electron chi connectivity index (χ1n) is 17.5. The lowest BCUT2D eigenvalue weighted by Gasteiger charge is -2.37. The lowest BCUT2D eigenvalue weighted by atomic mass is 9.84. The highest BCUT2D eigenvalue weighted by Gasteiger charge is 2.45. The van der Waals surface area contributed by atoms with E-state index in [-0.39, 0.29) is 29.2 Å². The Kier molecular flexibility index (Phi) is 12.2. The van der Waals surface area contributed by atoms with E-state index in [1.807, 2.05) is 67.8 Å². The summed E-state index contributed by atoms with van der Waals surface area (Å²) in [7, 11) is 0. The van der Waals surface area contributed by atoms with Gasteiger partial charge in [-0.15, -0.1) is 11.8 Å². The first-order valence-corrected chi connectivity index (χ1v) is 18.4. The van der Waals surface area contributed by atoms with Crippen LogP contribution in [0.4, 0.5) is 4.79 Å². The lowest BCUT2D eigenvalue weighted by Crippen LogP contribution is -2.52. The molecule has 258 valence electrons. The van der Waals surface area contributed by atoms with Crippen molar-refractivity contribution in [2.75, 3.05) is 13.1 Å². The highest BCUT2D eigenvalue weighted by atomic mass is 32.2. The molecule has 4 aromatic carbocycles. The minimum Gasteiger partial charge on any atom is -0.444 e. The fourth-order valence-corrected chi connectivity index (χ4v) is 8.49. The van der Waals surface area contributed by atoms with Gasteiger partial charge in [-0.3, -0.25) is 4.79 Å². The van der Waals surface area contributed by atoms with Gasteiger partial charge >= 0.3 is 6.09 Å². The van der Waals surface area contributed by atoms with Crippen molar-refractivity contribution in [3.63, 3.8) is 0 Å². The third kappa shape index (κ3) is 9.14. The minimum atomic E-state index is -0.626. The Labute approximate surface area is 297 Å². The van der Waals surface area contributed by atoms with Crippen molar-refractivity contribution < 1.29 is 14.3 Å². The van der Waals surface area contributed by atoms with E-state index in [0.717, 1.165) is 18.4 Å². The van der Waals surface area contributed by atoms with Crippen molar-refractivity contribution in [3.05, 3.63) is 144 Å². The predicted octanol–water partition coefficient (Wildman–Crippen LogP) is 8.41. The molecular weight excluding hydrogens is 627 g/mol. The molecule has 4 atom stereocenters. The Bertz CT molecular complexity index is 1520. The standard InChI is InChI=1S/C42H51N3O3S/c1-6-31(2)38(39(46)44-28-32-19-11-7-12-20-32)43-29-36-27-37(30-45(36)40(47)48-41(3,4)5)49-42(33-21-13-8-14-22-33,34-23-15-9-16-24-34)35-25-17-10-18-26-35/h7-26,31,36-38,43H,6,27-30H2,1-5H3,(H,44,46)/t31-,36+,37+,38-/m0/s1. The SMILES string of the molecule is CC[C@H](C)[C@H](NC[C@H]1C[C@@H](SC(c2ccccc2)(c2ccccc2)c2ccccc2)CN1C(=O)OC(C)(C)C)C(=O)NCc1ccccc1. The zero-order chi connectivity index (χ0) is 34.9. The highest BCUT2D eigenvalue weighted by Crippen LogP contribution is 2.52. The smallest absolute Gasteiger partial charge is 0.410 e. The van der Waals surface area contributed by atoms with E-state index < -0.39 is 16.4 Å². The summed E-state index contributed by atoms with van der Waals surface area (Å²) in [6.07, 6.45) is 1.29. The maximum absolute atomic E-state index is 13.8. The van der Waals surface area contributed by atoms with Gasteiger partial charge in [0.15, 0.2) is 0 Å². The molecule has 1 heterocycles. The van der Waals surface area contributed by atoms with Crippen LogP contribution in [0.15, 0.2) is 121 Å². The molecule has 2 amide bonds. The number of ether oxygens (including phenoxy) is 1. The Morgan fingerprint density at radius 2 is 1.31 bits per heavy atom. The number of likely N-dealkylation sites (tertiary alicyclic amines) is 1. The molecule has 49 heavy (non-hydrogen) atoms. The monoisotopic (exact) mass is 677 g/mol. The predicted molar refractivity (Wildman–Crippen MR) is 201 cm³/mol. The first kappa shape index (κ1) is 36.2. The van der Waals surface area contributed by atoms with Crippen LogP contribution in [0, 0.1) is 5.92 Å². The third-order valence-electron chi connectivity index (χ3n) is 9.27. The molecule has 0 aliphatic carbocycles. The van der Waals surface area contributed by atoms with Gasteiger partial charge in [-0.25, -0.2) is 4.79 Å². The van der Waals surface area contributed by atoms with E-state index >= 15 is 0 Å². The number of benzene rings is 4. The maximum atomic E-state index is 13.8. The van der Waals surface area contributed by atoms with Gasteiger partial charge in [0.1, 0.15) is 5.60 Å². The summed E-state index contributed by atoms with van der Waals surface area (Å²) < 4.78 is 5.46. The molecule has 7 heteroatoms. The summed E-state index contributed by atoms with van der Waals surface area (Å²) in [6.45, 7) is 11.4. The van der Waals surface area contributed by atoms with E-state index in [9.17, 15) is 9.59 Å². The van der Waals surface area contributed by atoms with Crippen molar-refractivity contribution in [2.45, 2.75) is 81.7 Å². The fourth-order valence-electron chi connectivity index (χ4n) is 6.62. The molecule has 1 aliphatic rings. The van der Waals surface area contributed by atoms with Gasteiger partial charge < -0.3 is 20.3 Å². The van der Waals surface area contributed by atoms with Crippen molar-refractivity contribution in [2.24, 2.45) is 5.92 Å². The number of nitrogens with one attached hydrogen (secondary N) is 2. The molecule has 2 N–H and O–H groups in total. The van der Waals surface area contributed by atoms with E-state index in [0.29, 0.717) is 19.6 Å². The second-order valence-electron chi connectivity index (χ2n) is 14.0. The minimum absolute atomic E-state index is 0.0257. The van der Waals surface area contributed by atoms with Crippen LogP contribution in [0.1, 0.15) is 69.7 Å². The van der Waals surface area contributed by atoms with Crippen LogP contribution in [0.3, 0.4) is 0 Å². The molecule has 0 radical (unpaired) electrons. The molecule has 1 saturated heterocycles. The van der Waals surface area contributed by atoms with Gasteiger partial charge in [0, 0.05) is 30.9 Å². The van der Waals surface area contributed by atoms with E-state index in [2.05, 4.69) is 115 Å². The van der Waals surface area contributed by atoms with E-state index in [1.165, 1.54) is 16.7 Å². The largest absolute Gasteiger partial charge is 0.444 e. The summed E-state index contributed by atoms with van der Waals surface area (Å²) in [6, 6.07) is 41.4. The fraction of sp³-hybridized carbons (Fsp3) is 0.381. The number of rotatable bonds is 13. The molecule has 6 nitrogen and oxygen atoms in total. The van der Waals surface area contributed by atoms with Crippen LogP contribution < -0.4 is 10.6 Å². The number of nitrogens with zero attached hydrogens (tertiary/aromatic N) is 1. The molecule has 0 saturated carbocycles. The Morgan fingerprint density at radius 1 is 0.816 bits per heavy atom. The van der Waals surface area contributed by atoms with Crippen LogP contribution >= 0.6 is 11.8 Å². The summed E-state index contributed by atoms with van der Waals surface area (Å²) in [5, 5.41) is 6.83. The average molecular weight is 678 g/mol. The average Bonchev–Trinajstić information content (AvgIpc) is 3.53. The van der Waals surface area contributed by atoms with Crippen LogP contribution in [-0.4, -0.2) is 52.9 Å². The molecule has 0 aromatic heterocycles. The molecule has 1 aliphatic heterocycles. The number of hydrogen-bond acceptors (Lipinski definition) is 5. The number of carbonyl (C=O) groups excluding carboxylic acids is 2. The third-order valence-corrected chi connectivity index (χ3v) is 11.0. The van der Waals surface area contributed by atoms with Crippen molar-refractivity contribution in [1.29, 1.82) is 0 Å². The van der Waals surface area contributed by atoms with Crippen LogP contribution in [-0.2, 0) is 20.8 Å². The van der Waals surface area contributed by atoms with E-state index in [4.69, 9.17) is 4.74 Å². The Morgan fingerprint density at radius 3 is 1.78 bits per heavy atom. The summed E-state index contributed by atoms with van der Waals surface area (Å²) in [5.41, 5.74) is 4.00. The number of hydrogen-bond donors (Lipinski definition) is 2. The topological polar surface area (TPSA) is 70.7 Å². The molecule has 0 unspecified atom stereocenters. The lowest BCUT2D eigenvalue weighted by molar-refractivity contribution is -0.124. The first-order chi connectivity index (χ1) is 23.6. The number of thioether (sulfide) groups is 1. The summed E-state index contributed by atoms with van der Waals surface area (Å²) in [4.78, 5) is 29.3. The summed E-state index contributed by atoms with van der Waals surface area (Å²) in [5.74, 6) is 0.0846. The van der Waals surface area contributed by atoms with Crippen LogP contribution in [0.5, 0.6) is 0 Å². The van der Waals surface area contributed by atoms with Gasteiger partial charge in [-0.05, 0) is 55.4 Å². The number of amides is 2. The van der Waals surface area contributed by atoms with E-state index in [1.54, 1.807) is 0 Å². The zero-order valence-corrected chi connectivity index (χ0v) is 30.3. The van der Waals surface area contributed by atoms with Gasteiger partial charge in [0.05, 0.1) is 10.8 Å². The maximum Gasteiger partial charge on any atom is 0.410 e.